The van der Waals surface area contributed by atoms with Crippen molar-refractivity contribution >= 4 is 17.3 Å². The molecule has 5 nitrogen and oxygen atoms in total. The van der Waals surface area contributed by atoms with Crippen molar-refractivity contribution in [3.63, 3.8) is 0 Å². The number of nitrogens with one attached hydrogen (secondary N) is 2. The van der Waals surface area contributed by atoms with E-state index in [1.165, 1.54) is 13.5 Å². The minimum absolute atomic E-state index is 0.0765. The third kappa shape index (κ3) is 4.72. The average Bonchev–Trinajstić information content (AvgIpc) is 2.90. The summed E-state index contributed by atoms with van der Waals surface area (Å²) in [6.07, 6.45) is 1.17. The second-order valence-corrected chi connectivity index (χ2v) is 5.78. The lowest BCUT2D eigenvalue weighted by atomic mass is 10.2. The molecule has 0 radical (unpaired) electrons. The highest BCUT2D eigenvalue weighted by Gasteiger charge is 2.23. The molecule has 0 aliphatic carbocycles. The molecule has 1 amide bonds. The molecule has 2 N–H and O–H groups in total. The summed E-state index contributed by atoms with van der Waals surface area (Å²) in [4.78, 5) is 13.9. The van der Waals surface area contributed by atoms with E-state index in [2.05, 4.69) is 29.4 Å². The summed E-state index contributed by atoms with van der Waals surface area (Å²) in [5.41, 5.74) is 1.88. The van der Waals surface area contributed by atoms with Crippen LogP contribution in [-0.4, -0.2) is 49.7 Å². The van der Waals surface area contributed by atoms with Crippen LogP contribution in [0.5, 0.6) is 0 Å². The Labute approximate surface area is 126 Å². The molecule has 0 spiro atoms. The first kappa shape index (κ1) is 15.8. The van der Waals surface area contributed by atoms with E-state index in [1.54, 1.807) is 0 Å². The number of benzene rings is 1. The molecule has 116 valence electrons. The minimum atomic E-state index is -0.137. The lowest BCUT2D eigenvalue weighted by Gasteiger charge is -2.21. The van der Waals surface area contributed by atoms with Crippen LogP contribution in [0.25, 0.3) is 0 Å². The molecule has 1 saturated heterocycles. The van der Waals surface area contributed by atoms with Gasteiger partial charge in [0.25, 0.3) is 0 Å². The Morgan fingerprint density at radius 3 is 2.57 bits per heavy atom. The van der Waals surface area contributed by atoms with Gasteiger partial charge in [0.05, 0.1) is 0 Å². The topological polar surface area (TPSA) is 53.6 Å². The van der Waals surface area contributed by atoms with Crippen molar-refractivity contribution in [1.82, 2.24) is 4.90 Å². The molecule has 1 atom stereocenters. The van der Waals surface area contributed by atoms with E-state index in [9.17, 15) is 4.79 Å². The number of carbonyl (C=O) groups is 1. The average molecular weight is 291 g/mol. The number of rotatable bonds is 6. The Hall–Kier alpha value is -1.59. The van der Waals surface area contributed by atoms with Crippen LogP contribution < -0.4 is 10.6 Å². The normalized spacial score (nSPS) is 19.0. The molecule has 21 heavy (non-hydrogen) atoms. The summed E-state index contributed by atoms with van der Waals surface area (Å²) >= 11 is 0. The maximum absolute atomic E-state index is 11.4. The summed E-state index contributed by atoms with van der Waals surface area (Å²) in [5, 5.41) is 6.34. The molecule has 1 aliphatic heterocycles. The summed E-state index contributed by atoms with van der Waals surface area (Å²) in [6.45, 7) is 6.79. The first-order valence-corrected chi connectivity index (χ1v) is 7.48. The van der Waals surface area contributed by atoms with Crippen molar-refractivity contribution in [2.45, 2.75) is 32.4 Å². The zero-order valence-corrected chi connectivity index (χ0v) is 13.1. The Kier molecular flexibility index (Phi) is 5.59. The SMILES string of the molecule is COCC(=O)Nc1ccc(NC2CCN(C(C)C)C2)cc1. The maximum Gasteiger partial charge on any atom is 0.250 e. The second kappa shape index (κ2) is 7.43. The van der Waals surface area contributed by atoms with Gasteiger partial charge in [0.1, 0.15) is 6.61 Å². The van der Waals surface area contributed by atoms with Gasteiger partial charge in [0.2, 0.25) is 5.91 Å². The van der Waals surface area contributed by atoms with Crippen LogP contribution in [0.3, 0.4) is 0 Å². The van der Waals surface area contributed by atoms with Crippen molar-refractivity contribution in [2.24, 2.45) is 0 Å². The van der Waals surface area contributed by atoms with Gasteiger partial charge >= 0.3 is 0 Å². The van der Waals surface area contributed by atoms with Gasteiger partial charge in [-0.3, -0.25) is 9.69 Å². The predicted molar refractivity (Wildman–Crippen MR) is 85.7 cm³/mol. The molecule has 1 heterocycles. The zero-order valence-electron chi connectivity index (χ0n) is 13.1. The van der Waals surface area contributed by atoms with Crippen LogP contribution in [0.15, 0.2) is 24.3 Å². The summed E-state index contributed by atoms with van der Waals surface area (Å²) in [6, 6.07) is 8.92. The Morgan fingerprint density at radius 2 is 2.00 bits per heavy atom. The third-order valence-corrected chi connectivity index (χ3v) is 3.76. The van der Waals surface area contributed by atoms with Crippen LogP contribution >= 0.6 is 0 Å². The highest BCUT2D eigenvalue weighted by atomic mass is 16.5. The van der Waals surface area contributed by atoms with Crippen molar-refractivity contribution in [2.75, 3.05) is 37.4 Å². The number of ether oxygens (including phenoxy) is 1. The van der Waals surface area contributed by atoms with Gasteiger partial charge in [-0.25, -0.2) is 0 Å². The molecule has 0 aromatic heterocycles. The van der Waals surface area contributed by atoms with Gasteiger partial charge in [-0.05, 0) is 44.5 Å². The van der Waals surface area contributed by atoms with E-state index in [0.29, 0.717) is 12.1 Å². The lowest BCUT2D eigenvalue weighted by molar-refractivity contribution is -0.119. The van der Waals surface area contributed by atoms with Gasteiger partial charge in [0.15, 0.2) is 0 Å². The predicted octanol–water partition coefficient (Wildman–Crippen LogP) is 2.17. The first-order valence-electron chi connectivity index (χ1n) is 7.48. The number of likely N-dealkylation sites (tertiary alicyclic amines) is 1. The summed E-state index contributed by atoms with van der Waals surface area (Å²) < 4.78 is 4.79. The van der Waals surface area contributed by atoms with E-state index < -0.39 is 0 Å². The fourth-order valence-corrected chi connectivity index (χ4v) is 2.59. The summed E-state index contributed by atoms with van der Waals surface area (Å²) in [7, 11) is 1.51. The van der Waals surface area contributed by atoms with Crippen molar-refractivity contribution in [3.05, 3.63) is 24.3 Å². The van der Waals surface area contributed by atoms with Gasteiger partial charge in [-0.15, -0.1) is 0 Å². The number of carbonyl (C=O) groups excluding carboxylic acids is 1. The molecule has 0 bridgehead atoms. The number of nitrogens with zero attached hydrogens (tertiary/aromatic N) is 1. The highest BCUT2D eigenvalue weighted by Crippen LogP contribution is 2.19. The molecule has 1 aromatic carbocycles. The largest absolute Gasteiger partial charge is 0.381 e. The van der Waals surface area contributed by atoms with E-state index in [-0.39, 0.29) is 12.5 Å². The molecule has 2 rings (SSSR count). The fraction of sp³-hybridized carbons (Fsp3) is 0.562. The number of methoxy groups -OCH3 is 1. The molecule has 1 unspecified atom stereocenters. The zero-order chi connectivity index (χ0) is 15.2. The van der Waals surface area contributed by atoms with Crippen molar-refractivity contribution < 1.29 is 9.53 Å². The smallest absolute Gasteiger partial charge is 0.250 e. The molecular formula is C16H25N3O2. The lowest BCUT2D eigenvalue weighted by Crippen LogP contribution is -2.31. The van der Waals surface area contributed by atoms with Gasteiger partial charge in [0, 0.05) is 43.7 Å². The van der Waals surface area contributed by atoms with Crippen molar-refractivity contribution in [1.29, 1.82) is 0 Å². The number of hydrogen-bond donors (Lipinski definition) is 2. The van der Waals surface area contributed by atoms with E-state index in [1.807, 2.05) is 24.3 Å². The Bertz CT molecular complexity index is 459. The molecule has 1 aliphatic rings. The quantitative estimate of drug-likeness (QED) is 0.843. The Balaban J connectivity index is 1.84. The standard InChI is InChI=1S/C16H25N3O2/c1-12(2)19-9-8-15(10-19)17-13-4-6-14(7-5-13)18-16(20)11-21-3/h4-7,12,15,17H,8-11H2,1-3H3,(H,18,20). The van der Waals surface area contributed by atoms with Gasteiger partial charge < -0.3 is 15.4 Å². The minimum Gasteiger partial charge on any atom is -0.381 e. The molecule has 1 aromatic rings. The van der Waals surface area contributed by atoms with Crippen molar-refractivity contribution in [3.8, 4) is 0 Å². The first-order chi connectivity index (χ1) is 10.1. The molecule has 5 heteroatoms. The van der Waals surface area contributed by atoms with Crippen LogP contribution in [0.1, 0.15) is 20.3 Å². The molecular weight excluding hydrogens is 266 g/mol. The monoisotopic (exact) mass is 291 g/mol. The van der Waals surface area contributed by atoms with Crippen LogP contribution in [0.4, 0.5) is 11.4 Å². The molecule has 0 saturated carbocycles. The van der Waals surface area contributed by atoms with Gasteiger partial charge in [-0.2, -0.15) is 0 Å². The van der Waals surface area contributed by atoms with Crippen LogP contribution in [0, 0.1) is 0 Å². The fourth-order valence-electron chi connectivity index (χ4n) is 2.59. The Morgan fingerprint density at radius 1 is 1.33 bits per heavy atom. The van der Waals surface area contributed by atoms with E-state index >= 15 is 0 Å². The number of amides is 1. The number of anilines is 2. The molecule has 1 fully saturated rings. The third-order valence-electron chi connectivity index (χ3n) is 3.76. The van der Waals surface area contributed by atoms with Crippen LogP contribution in [0.2, 0.25) is 0 Å². The van der Waals surface area contributed by atoms with E-state index in [0.717, 1.165) is 24.5 Å². The highest BCUT2D eigenvalue weighted by molar-refractivity contribution is 5.91. The number of hydrogen-bond acceptors (Lipinski definition) is 4. The van der Waals surface area contributed by atoms with Crippen LogP contribution in [-0.2, 0) is 9.53 Å². The second-order valence-electron chi connectivity index (χ2n) is 5.78. The van der Waals surface area contributed by atoms with E-state index in [4.69, 9.17) is 4.74 Å². The maximum atomic E-state index is 11.4. The summed E-state index contributed by atoms with van der Waals surface area (Å²) in [5.74, 6) is -0.137. The van der Waals surface area contributed by atoms with Gasteiger partial charge in [-0.1, -0.05) is 0 Å².